The molecule has 0 N–H and O–H groups in total. The molecule has 41 heavy (non-hydrogen) atoms. The fourth-order valence-electron chi connectivity index (χ4n) is 5.53. The Balaban J connectivity index is 1.43. The topological polar surface area (TPSA) is 96.6 Å². The van der Waals surface area contributed by atoms with E-state index in [0.29, 0.717) is 26.4 Å². The van der Waals surface area contributed by atoms with Gasteiger partial charge in [-0.15, -0.1) is 16.8 Å². The van der Waals surface area contributed by atoms with Gasteiger partial charge in [0.1, 0.15) is 5.58 Å². The number of para-hydroxylation sites is 2. The summed E-state index contributed by atoms with van der Waals surface area (Å²) in [6.45, 7) is 3.99. The maximum Gasteiger partial charge on any atom is 0.297 e. The number of benzene rings is 3. The largest absolute Gasteiger partial charge is 0.450 e. The first-order valence-electron chi connectivity index (χ1n) is 12.6. The number of carbonyl (C=O) groups is 2. The zero-order valence-corrected chi connectivity index (χ0v) is 23.6. The van der Waals surface area contributed by atoms with Gasteiger partial charge < -0.3 is 9.32 Å². The molecule has 2 aromatic heterocycles. The van der Waals surface area contributed by atoms with Crippen LogP contribution in [0.1, 0.15) is 27.2 Å². The maximum atomic E-state index is 14.6. The van der Waals surface area contributed by atoms with Crippen molar-refractivity contribution in [3.63, 3.8) is 0 Å². The van der Waals surface area contributed by atoms with Crippen LogP contribution >= 0.6 is 34.7 Å². The lowest BCUT2D eigenvalue weighted by Gasteiger charge is -2.31. The Bertz CT molecular complexity index is 1970. The van der Waals surface area contributed by atoms with Gasteiger partial charge in [-0.2, -0.15) is 0 Å². The van der Waals surface area contributed by atoms with E-state index >= 15 is 0 Å². The smallest absolute Gasteiger partial charge is 0.297 e. The van der Waals surface area contributed by atoms with E-state index in [1.54, 1.807) is 54.6 Å². The van der Waals surface area contributed by atoms with E-state index < -0.39 is 22.8 Å². The summed E-state index contributed by atoms with van der Waals surface area (Å²) in [6, 6.07) is 21.3. The van der Waals surface area contributed by atoms with Crippen molar-refractivity contribution in [1.29, 1.82) is 0 Å². The van der Waals surface area contributed by atoms with Gasteiger partial charge >= 0.3 is 0 Å². The number of nitrogens with zero attached hydrogens (tertiary/aromatic N) is 4. The zero-order valence-electron chi connectivity index (χ0n) is 21.2. The Morgan fingerprint density at radius 2 is 1.76 bits per heavy atom. The van der Waals surface area contributed by atoms with E-state index in [-0.39, 0.29) is 34.0 Å². The fourth-order valence-corrected chi connectivity index (χ4v) is 7.70. The van der Waals surface area contributed by atoms with Crippen LogP contribution in [0.3, 0.4) is 0 Å². The van der Waals surface area contributed by atoms with Gasteiger partial charge in [0.15, 0.2) is 15.3 Å². The lowest BCUT2D eigenvalue weighted by atomic mass is 9.84. The predicted octanol–water partition coefficient (Wildman–Crippen LogP) is 6.03. The minimum Gasteiger partial charge on any atom is -0.450 e. The van der Waals surface area contributed by atoms with Gasteiger partial charge in [-0.25, -0.2) is 0 Å². The van der Waals surface area contributed by atoms with Crippen LogP contribution in [0.4, 0.5) is 10.8 Å². The van der Waals surface area contributed by atoms with Crippen molar-refractivity contribution >= 4 is 68.3 Å². The second-order valence-electron chi connectivity index (χ2n) is 9.43. The number of aromatic nitrogens is 2. The SMILES string of the molecule is C=CCN1C(=O)C2(c3ccccc31)c1c(oc3ccccc3c1=O)C(=O)N2c1nnc(SCc2ccccc2Cl)s1. The molecular weight excluding hydrogens is 580 g/mol. The third-order valence-corrected chi connectivity index (χ3v) is 9.70. The highest BCUT2D eigenvalue weighted by molar-refractivity contribution is 8.00. The van der Waals surface area contributed by atoms with E-state index in [2.05, 4.69) is 16.8 Å². The molecule has 1 atom stereocenters. The van der Waals surface area contributed by atoms with Crippen molar-refractivity contribution in [3.05, 3.63) is 123 Å². The molecule has 7 rings (SSSR count). The van der Waals surface area contributed by atoms with E-state index in [9.17, 15) is 14.4 Å². The van der Waals surface area contributed by atoms with Crippen LogP contribution in [0.25, 0.3) is 11.0 Å². The Labute approximate surface area is 246 Å². The molecule has 0 saturated carbocycles. The highest BCUT2D eigenvalue weighted by atomic mass is 35.5. The van der Waals surface area contributed by atoms with Crippen molar-refractivity contribution in [2.75, 3.05) is 16.3 Å². The summed E-state index contributed by atoms with van der Waals surface area (Å²) in [7, 11) is 0. The molecule has 8 nitrogen and oxygen atoms in total. The number of hydrogen-bond acceptors (Lipinski definition) is 8. The van der Waals surface area contributed by atoms with Gasteiger partial charge in [0.05, 0.1) is 16.6 Å². The molecule has 2 amide bonds. The van der Waals surface area contributed by atoms with Crippen molar-refractivity contribution in [1.82, 2.24) is 10.2 Å². The Kier molecular flexibility index (Phi) is 6.07. The Morgan fingerprint density at radius 3 is 2.59 bits per heavy atom. The number of halogens is 1. The van der Waals surface area contributed by atoms with Crippen molar-refractivity contribution in [3.8, 4) is 0 Å². The van der Waals surface area contributed by atoms with Gasteiger partial charge in [-0.3, -0.25) is 19.3 Å². The Morgan fingerprint density at radius 1 is 1.00 bits per heavy atom. The lowest BCUT2D eigenvalue weighted by molar-refractivity contribution is -0.121. The molecule has 4 heterocycles. The number of anilines is 2. The summed E-state index contributed by atoms with van der Waals surface area (Å²) < 4.78 is 6.65. The molecule has 3 aromatic carbocycles. The molecule has 0 bridgehead atoms. The summed E-state index contributed by atoms with van der Waals surface area (Å²) in [5.41, 5.74) is -0.0313. The number of amides is 2. The second-order valence-corrected chi connectivity index (χ2v) is 12.0. The van der Waals surface area contributed by atoms with Crippen LogP contribution in [0.5, 0.6) is 0 Å². The molecule has 0 aliphatic carbocycles. The van der Waals surface area contributed by atoms with E-state index in [4.69, 9.17) is 16.0 Å². The molecule has 5 aromatic rings. The van der Waals surface area contributed by atoms with Gasteiger partial charge in [0, 0.05) is 22.9 Å². The minimum atomic E-state index is -1.82. The highest BCUT2D eigenvalue weighted by Crippen LogP contribution is 2.54. The molecule has 2 aliphatic heterocycles. The predicted molar refractivity (Wildman–Crippen MR) is 160 cm³/mol. The van der Waals surface area contributed by atoms with Gasteiger partial charge in [0.25, 0.3) is 11.8 Å². The van der Waals surface area contributed by atoms with Crippen LogP contribution in [0.15, 0.2) is 99.0 Å². The second kappa shape index (κ2) is 9.69. The number of hydrogen-bond donors (Lipinski definition) is 0. The fraction of sp³-hybridized carbons (Fsp3) is 0.100. The quantitative estimate of drug-likeness (QED) is 0.134. The normalized spacial score (nSPS) is 17.5. The zero-order chi connectivity index (χ0) is 28.3. The monoisotopic (exact) mass is 598 g/mol. The van der Waals surface area contributed by atoms with E-state index in [1.807, 2.05) is 24.3 Å². The van der Waals surface area contributed by atoms with Gasteiger partial charge in [0.2, 0.25) is 10.9 Å². The number of fused-ring (bicyclic) bond motifs is 5. The van der Waals surface area contributed by atoms with Crippen LogP contribution in [0.2, 0.25) is 5.02 Å². The molecule has 1 unspecified atom stereocenters. The Hall–Kier alpha value is -4.25. The molecule has 2 aliphatic rings. The van der Waals surface area contributed by atoms with Gasteiger partial charge in [-0.05, 0) is 29.8 Å². The third kappa shape index (κ3) is 3.64. The third-order valence-electron chi connectivity index (χ3n) is 7.24. The summed E-state index contributed by atoms with van der Waals surface area (Å²) in [4.78, 5) is 45.7. The average molecular weight is 599 g/mol. The first kappa shape index (κ1) is 25.7. The molecule has 202 valence electrons. The van der Waals surface area contributed by atoms with Crippen molar-refractivity contribution < 1.29 is 14.0 Å². The van der Waals surface area contributed by atoms with E-state index in [0.717, 1.165) is 16.9 Å². The first-order valence-corrected chi connectivity index (χ1v) is 14.8. The summed E-state index contributed by atoms with van der Waals surface area (Å²) in [5.74, 6) is -0.745. The average Bonchev–Trinajstić information content (AvgIpc) is 3.62. The summed E-state index contributed by atoms with van der Waals surface area (Å²) >= 11 is 8.90. The maximum absolute atomic E-state index is 14.6. The molecular formula is C30H19ClN4O4S2. The lowest BCUT2D eigenvalue weighted by Crippen LogP contribution is -2.53. The molecule has 11 heteroatoms. The number of carbonyl (C=O) groups excluding carboxylic acids is 2. The standard InChI is InChI=1S/C30H19ClN4O4S2/c1-2-15-34-21-13-7-5-11-19(21)30(27(34)38)23-24(36)18-10-4-8-14-22(18)39-25(23)26(37)35(30)28-32-33-29(41-28)40-16-17-9-3-6-12-20(17)31/h2-14H,1,15-16H2. The van der Waals surface area contributed by atoms with Gasteiger partial charge in [-0.1, -0.05) is 89.3 Å². The van der Waals surface area contributed by atoms with Crippen molar-refractivity contribution in [2.24, 2.45) is 0 Å². The van der Waals surface area contributed by atoms with Crippen LogP contribution in [-0.2, 0) is 16.1 Å². The van der Waals surface area contributed by atoms with Crippen LogP contribution in [-0.4, -0.2) is 28.6 Å². The first-order chi connectivity index (χ1) is 20.0. The van der Waals surface area contributed by atoms with E-state index in [1.165, 1.54) is 21.6 Å². The molecule has 0 fully saturated rings. The number of thioether (sulfide) groups is 1. The van der Waals surface area contributed by atoms with Crippen LogP contribution < -0.4 is 15.2 Å². The summed E-state index contributed by atoms with van der Waals surface area (Å²) in [6.07, 6.45) is 1.60. The highest BCUT2D eigenvalue weighted by Gasteiger charge is 2.66. The van der Waals surface area contributed by atoms with Crippen LogP contribution in [0, 0.1) is 0 Å². The summed E-state index contributed by atoms with van der Waals surface area (Å²) in [5, 5.41) is 9.76. The molecule has 1 spiro atoms. The molecule has 0 radical (unpaired) electrons. The molecule has 0 saturated heterocycles. The minimum absolute atomic E-state index is 0.0225. The number of rotatable bonds is 6. The van der Waals surface area contributed by atoms with Crippen molar-refractivity contribution in [2.45, 2.75) is 15.6 Å².